The number of carbonyl (C=O) groups is 3. The van der Waals surface area contributed by atoms with Gasteiger partial charge in [-0.15, -0.1) is 0 Å². The van der Waals surface area contributed by atoms with E-state index >= 15 is 0 Å². The summed E-state index contributed by atoms with van der Waals surface area (Å²) in [5.74, 6) is 0.327. The quantitative estimate of drug-likeness (QED) is 0.543. The van der Waals surface area contributed by atoms with E-state index in [1.54, 1.807) is 18.0 Å². The third kappa shape index (κ3) is 5.87. The molecule has 1 aliphatic carbocycles. The maximum atomic E-state index is 14.1. The molecule has 1 aromatic heterocycles. The monoisotopic (exact) mass is 550 g/mol. The summed E-state index contributed by atoms with van der Waals surface area (Å²) in [6.07, 6.45) is 3.46. The van der Waals surface area contributed by atoms with Crippen LogP contribution in [0.5, 0.6) is 0 Å². The number of hydrogen-bond donors (Lipinski definition) is 1. The molecule has 1 N–H and O–H groups in total. The summed E-state index contributed by atoms with van der Waals surface area (Å²) < 4.78 is 14.1. The van der Waals surface area contributed by atoms with E-state index in [1.165, 1.54) is 25.4 Å². The molecule has 214 valence electrons. The molecule has 3 heterocycles. The number of halogens is 1. The Bertz CT molecular complexity index is 1250. The Balaban J connectivity index is 1.16. The van der Waals surface area contributed by atoms with Crippen molar-refractivity contribution in [3.05, 3.63) is 58.9 Å². The second kappa shape index (κ2) is 11.6. The zero-order valence-corrected chi connectivity index (χ0v) is 23.8. The molecule has 10 heteroatoms. The van der Waals surface area contributed by atoms with Crippen molar-refractivity contribution >= 4 is 17.7 Å². The van der Waals surface area contributed by atoms with Crippen molar-refractivity contribution in [1.82, 2.24) is 30.0 Å². The van der Waals surface area contributed by atoms with Crippen molar-refractivity contribution in [2.75, 3.05) is 39.8 Å². The highest BCUT2D eigenvalue weighted by Gasteiger charge is 2.42. The van der Waals surface area contributed by atoms with E-state index < -0.39 is 0 Å². The molecule has 5 rings (SSSR count). The fraction of sp³-hybridized carbons (Fsp3) is 0.567. The van der Waals surface area contributed by atoms with Crippen molar-refractivity contribution in [1.29, 1.82) is 0 Å². The summed E-state index contributed by atoms with van der Waals surface area (Å²) in [4.78, 5) is 52.4. The molecular formula is C30H39FN6O3. The van der Waals surface area contributed by atoms with Crippen LogP contribution < -0.4 is 5.32 Å². The number of aromatic nitrogens is 2. The summed E-state index contributed by atoms with van der Waals surface area (Å²) in [5.41, 5.74) is 2.80. The number of amides is 3. The molecule has 1 aromatic carbocycles. The molecule has 3 fully saturated rings. The molecule has 0 bridgehead atoms. The zero-order valence-electron chi connectivity index (χ0n) is 23.8. The molecule has 3 aliphatic rings. The van der Waals surface area contributed by atoms with Crippen LogP contribution in [0.4, 0.5) is 4.39 Å². The Morgan fingerprint density at radius 1 is 1.07 bits per heavy atom. The number of carbonyl (C=O) groups excluding carboxylic acids is 3. The predicted molar refractivity (Wildman–Crippen MR) is 148 cm³/mol. The number of nitrogens with zero attached hydrogens (tertiary/aromatic N) is 5. The molecule has 40 heavy (non-hydrogen) atoms. The summed E-state index contributed by atoms with van der Waals surface area (Å²) in [7, 11) is 1.77. The van der Waals surface area contributed by atoms with Crippen LogP contribution in [0, 0.1) is 37.4 Å². The van der Waals surface area contributed by atoms with Crippen LogP contribution in [0.25, 0.3) is 0 Å². The molecule has 2 saturated heterocycles. The van der Waals surface area contributed by atoms with Crippen LogP contribution in [-0.4, -0.2) is 88.2 Å². The zero-order chi connectivity index (χ0) is 28.6. The van der Waals surface area contributed by atoms with E-state index in [0.29, 0.717) is 48.0 Å². The SMILES string of the molecule is CC(=O)N(C)C1CC(C(=O)NC(CCN2CC3CN(C(=O)c4c(C)ncnc4C)C[C@@H]3C2)c2cccc(F)c2)C1. The van der Waals surface area contributed by atoms with E-state index in [0.717, 1.165) is 38.3 Å². The van der Waals surface area contributed by atoms with Crippen molar-refractivity contribution in [2.24, 2.45) is 17.8 Å². The number of fused-ring (bicyclic) bond motifs is 1. The topological polar surface area (TPSA) is 98.7 Å². The lowest BCUT2D eigenvalue weighted by atomic mass is 9.78. The van der Waals surface area contributed by atoms with Crippen LogP contribution in [-0.2, 0) is 9.59 Å². The van der Waals surface area contributed by atoms with Crippen LogP contribution in [0.2, 0.25) is 0 Å². The van der Waals surface area contributed by atoms with E-state index in [1.807, 2.05) is 24.8 Å². The van der Waals surface area contributed by atoms with Crippen LogP contribution in [0.3, 0.4) is 0 Å². The van der Waals surface area contributed by atoms with Crippen LogP contribution in [0.15, 0.2) is 30.6 Å². The first-order valence-corrected chi connectivity index (χ1v) is 14.2. The standard InChI is InChI=1S/C30H39FN6O3/c1-18-28(19(2)33-17-32-18)30(40)37-15-23-13-36(14-24(23)16-37)9-8-27(21-6-5-7-25(31)10-21)34-29(39)22-11-26(12-22)35(4)20(3)38/h5-7,10,17,22-24,26-27H,8-9,11-16H2,1-4H3,(H,34,39)/t22?,23-,24?,26?,27?/m0/s1. The van der Waals surface area contributed by atoms with Gasteiger partial charge in [-0.2, -0.15) is 0 Å². The van der Waals surface area contributed by atoms with Gasteiger partial charge in [-0.3, -0.25) is 14.4 Å². The minimum absolute atomic E-state index is 0.00340. The Hall–Kier alpha value is -3.40. The van der Waals surface area contributed by atoms with Crippen LogP contribution in [0.1, 0.15) is 59.5 Å². The molecular weight excluding hydrogens is 511 g/mol. The largest absolute Gasteiger partial charge is 0.349 e. The summed E-state index contributed by atoms with van der Waals surface area (Å²) in [6.45, 7) is 9.23. The lowest BCUT2D eigenvalue weighted by Gasteiger charge is -2.40. The Morgan fingerprint density at radius 3 is 2.33 bits per heavy atom. The minimum Gasteiger partial charge on any atom is -0.349 e. The van der Waals surface area contributed by atoms with Crippen LogP contribution >= 0.6 is 0 Å². The van der Waals surface area contributed by atoms with Crippen molar-refractivity contribution in [2.45, 2.75) is 52.1 Å². The van der Waals surface area contributed by atoms with Gasteiger partial charge in [0.15, 0.2) is 0 Å². The lowest BCUT2D eigenvalue weighted by molar-refractivity contribution is -0.138. The first-order valence-electron chi connectivity index (χ1n) is 14.2. The number of nitrogens with one attached hydrogen (secondary N) is 1. The first kappa shape index (κ1) is 28.1. The summed E-state index contributed by atoms with van der Waals surface area (Å²) in [5, 5.41) is 3.18. The van der Waals surface area contributed by atoms with Gasteiger partial charge < -0.3 is 20.0 Å². The highest BCUT2D eigenvalue weighted by atomic mass is 19.1. The molecule has 0 spiro atoms. The van der Waals surface area contributed by atoms with Gasteiger partial charge in [0.1, 0.15) is 12.1 Å². The van der Waals surface area contributed by atoms with Gasteiger partial charge in [0.25, 0.3) is 5.91 Å². The van der Waals surface area contributed by atoms with Crippen molar-refractivity contribution in [3.63, 3.8) is 0 Å². The third-order valence-electron chi connectivity index (χ3n) is 9.12. The Morgan fingerprint density at radius 2 is 1.73 bits per heavy atom. The lowest BCUT2D eigenvalue weighted by Crippen LogP contribution is -2.50. The number of aryl methyl sites for hydroxylation is 2. The maximum Gasteiger partial charge on any atom is 0.257 e. The van der Waals surface area contributed by atoms with Gasteiger partial charge in [-0.05, 0) is 62.6 Å². The van der Waals surface area contributed by atoms with Gasteiger partial charge in [-0.1, -0.05) is 12.1 Å². The highest BCUT2D eigenvalue weighted by molar-refractivity contribution is 5.96. The van der Waals surface area contributed by atoms with Gasteiger partial charge in [0.2, 0.25) is 11.8 Å². The minimum atomic E-state index is -0.321. The fourth-order valence-electron chi connectivity index (χ4n) is 6.52. The predicted octanol–water partition coefficient (Wildman–Crippen LogP) is 2.74. The number of hydrogen-bond acceptors (Lipinski definition) is 6. The normalized spacial score (nSPS) is 24.8. The van der Waals surface area contributed by atoms with Crippen molar-refractivity contribution < 1.29 is 18.8 Å². The summed E-state index contributed by atoms with van der Waals surface area (Å²) >= 11 is 0. The molecule has 0 radical (unpaired) electrons. The molecule has 2 unspecified atom stereocenters. The number of benzene rings is 1. The second-order valence-corrected chi connectivity index (χ2v) is 11.8. The molecule has 2 aliphatic heterocycles. The van der Waals surface area contributed by atoms with E-state index in [2.05, 4.69) is 20.2 Å². The average molecular weight is 551 g/mol. The average Bonchev–Trinajstić information content (AvgIpc) is 3.44. The Kier molecular flexibility index (Phi) is 8.16. The number of likely N-dealkylation sites (tertiary alicyclic amines) is 2. The van der Waals surface area contributed by atoms with Gasteiger partial charge in [-0.25, -0.2) is 14.4 Å². The molecule has 9 nitrogen and oxygen atoms in total. The first-order chi connectivity index (χ1) is 19.1. The van der Waals surface area contributed by atoms with Gasteiger partial charge in [0.05, 0.1) is 23.0 Å². The summed E-state index contributed by atoms with van der Waals surface area (Å²) in [6, 6.07) is 6.25. The second-order valence-electron chi connectivity index (χ2n) is 11.8. The maximum absolute atomic E-state index is 14.1. The smallest absolute Gasteiger partial charge is 0.257 e. The molecule has 2 aromatic rings. The Labute approximate surface area is 235 Å². The van der Waals surface area contributed by atoms with Crippen molar-refractivity contribution in [3.8, 4) is 0 Å². The van der Waals surface area contributed by atoms with E-state index in [4.69, 9.17) is 0 Å². The molecule has 3 atom stereocenters. The van der Waals surface area contributed by atoms with Gasteiger partial charge in [0, 0.05) is 58.7 Å². The highest BCUT2D eigenvalue weighted by Crippen LogP contribution is 2.34. The number of rotatable bonds is 8. The van der Waals surface area contributed by atoms with E-state index in [9.17, 15) is 18.8 Å². The third-order valence-corrected chi connectivity index (χ3v) is 9.12. The molecule has 3 amide bonds. The fourth-order valence-corrected chi connectivity index (χ4v) is 6.52. The van der Waals surface area contributed by atoms with Gasteiger partial charge >= 0.3 is 0 Å². The molecule has 1 saturated carbocycles. The van der Waals surface area contributed by atoms with E-state index in [-0.39, 0.29) is 41.5 Å².